The van der Waals surface area contributed by atoms with E-state index in [0.717, 1.165) is 18.7 Å². The number of carbonyl (C=O) groups excluding carboxylic acids is 1. The minimum absolute atomic E-state index is 0.238. The summed E-state index contributed by atoms with van der Waals surface area (Å²) in [7, 11) is 0. The number of amides is 1. The summed E-state index contributed by atoms with van der Waals surface area (Å²) in [5, 5.41) is 12.3. The second-order valence-electron chi connectivity index (χ2n) is 3.97. The van der Waals surface area contributed by atoms with Crippen molar-refractivity contribution in [3.8, 4) is 0 Å². The Bertz CT molecular complexity index is 508. The normalized spacial score (nSPS) is 10.2. The van der Waals surface area contributed by atoms with E-state index in [9.17, 15) is 4.79 Å². The molecule has 0 atom stereocenters. The van der Waals surface area contributed by atoms with Crippen LogP contribution in [0.25, 0.3) is 0 Å². The molecule has 7 nitrogen and oxygen atoms in total. The Labute approximate surface area is 110 Å². The fourth-order valence-electron chi connectivity index (χ4n) is 1.47. The van der Waals surface area contributed by atoms with Crippen LogP contribution in [0.1, 0.15) is 29.7 Å². The molecule has 0 spiro atoms. The van der Waals surface area contributed by atoms with Gasteiger partial charge in [-0.05, 0) is 18.6 Å². The topological polar surface area (TPSA) is 95.6 Å². The Morgan fingerprint density at radius 1 is 1.37 bits per heavy atom. The molecule has 2 rings (SSSR count). The average Bonchev–Trinajstić information content (AvgIpc) is 2.96. The summed E-state index contributed by atoms with van der Waals surface area (Å²) in [6, 6.07) is 3.53. The van der Waals surface area contributed by atoms with Gasteiger partial charge in [0.2, 0.25) is 0 Å². The van der Waals surface area contributed by atoms with E-state index in [0.29, 0.717) is 18.1 Å². The van der Waals surface area contributed by atoms with Gasteiger partial charge in [0.05, 0.1) is 18.4 Å². The van der Waals surface area contributed by atoms with E-state index in [1.165, 1.54) is 6.33 Å². The maximum Gasteiger partial charge on any atom is 0.270 e. The van der Waals surface area contributed by atoms with Crippen molar-refractivity contribution < 1.29 is 4.79 Å². The van der Waals surface area contributed by atoms with Crippen molar-refractivity contribution >= 4 is 11.6 Å². The van der Waals surface area contributed by atoms with E-state index < -0.39 is 0 Å². The van der Waals surface area contributed by atoms with Crippen LogP contribution in [0, 0.1) is 0 Å². The fraction of sp³-hybridized carbons (Fsp3) is 0.333. The summed E-state index contributed by atoms with van der Waals surface area (Å²) in [5.41, 5.74) is 1.29. The number of pyridine rings is 1. The van der Waals surface area contributed by atoms with E-state index in [-0.39, 0.29) is 5.91 Å². The molecule has 0 unspecified atom stereocenters. The first kappa shape index (κ1) is 13.0. The Morgan fingerprint density at radius 3 is 2.89 bits per heavy atom. The largest absolute Gasteiger partial charge is 0.384 e. The first-order valence-electron chi connectivity index (χ1n) is 6.12. The zero-order valence-electron chi connectivity index (χ0n) is 10.7. The number of H-pyrrole nitrogens is 1. The van der Waals surface area contributed by atoms with E-state index >= 15 is 0 Å². The highest BCUT2D eigenvalue weighted by Gasteiger charge is 2.07. The second-order valence-corrected chi connectivity index (χ2v) is 3.97. The minimum Gasteiger partial charge on any atom is -0.384 e. The highest BCUT2D eigenvalue weighted by atomic mass is 16.1. The van der Waals surface area contributed by atoms with Crippen LogP contribution in [0.5, 0.6) is 0 Å². The molecule has 100 valence electrons. The van der Waals surface area contributed by atoms with E-state index in [2.05, 4.69) is 37.7 Å². The fourth-order valence-corrected chi connectivity index (χ4v) is 1.47. The third-order valence-corrected chi connectivity index (χ3v) is 2.46. The summed E-state index contributed by atoms with van der Waals surface area (Å²) in [5.74, 6) is 0.369. The molecule has 0 aliphatic rings. The summed E-state index contributed by atoms with van der Waals surface area (Å²) < 4.78 is 0. The maximum atomic E-state index is 11.8. The van der Waals surface area contributed by atoms with Crippen molar-refractivity contribution in [1.29, 1.82) is 0 Å². The molecule has 0 aliphatic carbocycles. The smallest absolute Gasteiger partial charge is 0.270 e. The van der Waals surface area contributed by atoms with Crippen LogP contribution in [0.4, 0.5) is 5.69 Å². The van der Waals surface area contributed by atoms with Crippen LogP contribution in [0.3, 0.4) is 0 Å². The number of hydrogen-bond acceptors (Lipinski definition) is 5. The number of aromatic amines is 1. The number of hydrogen-bond donors (Lipinski definition) is 3. The summed E-state index contributed by atoms with van der Waals surface area (Å²) in [4.78, 5) is 19.8. The lowest BCUT2D eigenvalue weighted by Gasteiger charge is -2.05. The van der Waals surface area contributed by atoms with Crippen LogP contribution in [0.15, 0.2) is 24.7 Å². The van der Waals surface area contributed by atoms with Gasteiger partial charge in [-0.1, -0.05) is 6.92 Å². The van der Waals surface area contributed by atoms with Gasteiger partial charge >= 0.3 is 0 Å². The molecule has 2 aromatic heterocycles. The van der Waals surface area contributed by atoms with Gasteiger partial charge < -0.3 is 10.6 Å². The summed E-state index contributed by atoms with van der Waals surface area (Å²) >= 11 is 0. The molecule has 0 bridgehead atoms. The van der Waals surface area contributed by atoms with Crippen molar-refractivity contribution in [3.63, 3.8) is 0 Å². The molecular weight excluding hydrogens is 244 g/mol. The molecule has 2 aromatic rings. The number of nitrogens with zero attached hydrogens (tertiary/aromatic N) is 3. The lowest BCUT2D eigenvalue weighted by Crippen LogP contribution is -2.24. The molecule has 19 heavy (non-hydrogen) atoms. The van der Waals surface area contributed by atoms with Gasteiger partial charge in [-0.3, -0.25) is 9.89 Å². The highest BCUT2D eigenvalue weighted by Crippen LogP contribution is 2.06. The van der Waals surface area contributed by atoms with Crippen molar-refractivity contribution in [1.82, 2.24) is 25.5 Å². The number of nitrogens with one attached hydrogen (secondary N) is 3. The quantitative estimate of drug-likeness (QED) is 0.718. The predicted octanol–water partition coefficient (Wildman–Crippen LogP) is 0.952. The first-order valence-corrected chi connectivity index (χ1v) is 6.12. The van der Waals surface area contributed by atoms with Crippen LogP contribution in [-0.4, -0.2) is 32.6 Å². The van der Waals surface area contributed by atoms with Gasteiger partial charge in [0.25, 0.3) is 5.91 Å². The highest BCUT2D eigenvalue weighted by molar-refractivity contribution is 5.92. The van der Waals surface area contributed by atoms with Gasteiger partial charge in [0.1, 0.15) is 17.8 Å². The Kier molecular flexibility index (Phi) is 4.44. The molecule has 0 saturated carbocycles. The number of anilines is 1. The second kappa shape index (κ2) is 6.48. The molecule has 0 aliphatic heterocycles. The number of aromatic nitrogens is 4. The SMILES string of the molecule is CCCNc1ccc(C(=O)NCc2ncn[nH]2)nc1. The molecule has 1 amide bonds. The van der Waals surface area contributed by atoms with Crippen LogP contribution >= 0.6 is 0 Å². The average molecular weight is 260 g/mol. The third-order valence-electron chi connectivity index (χ3n) is 2.46. The molecule has 0 fully saturated rings. The van der Waals surface area contributed by atoms with E-state index in [1.807, 2.05) is 6.07 Å². The zero-order valence-corrected chi connectivity index (χ0v) is 10.7. The van der Waals surface area contributed by atoms with Crippen LogP contribution in [0.2, 0.25) is 0 Å². The van der Waals surface area contributed by atoms with E-state index in [4.69, 9.17) is 0 Å². The van der Waals surface area contributed by atoms with Gasteiger partial charge in [-0.15, -0.1) is 0 Å². The number of carbonyl (C=O) groups is 1. The van der Waals surface area contributed by atoms with Crippen molar-refractivity contribution in [2.45, 2.75) is 19.9 Å². The Morgan fingerprint density at radius 2 is 2.26 bits per heavy atom. The third kappa shape index (κ3) is 3.77. The lowest BCUT2D eigenvalue weighted by atomic mass is 10.3. The standard InChI is InChI=1S/C12H16N6O/c1-2-5-13-9-3-4-10(14-6-9)12(19)15-7-11-16-8-17-18-11/h3-4,6,8,13H,2,5,7H2,1H3,(H,15,19)(H,16,17,18). The van der Waals surface area contributed by atoms with E-state index in [1.54, 1.807) is 12.3 Å². The zero-order chi connectivity index (χ0) is 13.5. The summed E-state index contributed by atoms with van der Waals surface area (Å²) in [6.45, 7) is 3.28. The molecule has 0 radical (unpaired) electrons. The molecule has 3 N–H and O–H groups in total. The molecule has 2 heterocycles. The van der Waals surface area contributed by atoms with Crippen LogP contribution in [-0.2, 0) is 6.54 Å². The van der Waals surface area contributed by atoms with Crippen molar-refractivity contribution in [3.05, 3.63) is 36.2 Å². The first-order chi connectivity index (χ1) is 9.29. The van der Waals surface area contributed by atoms with Crippen LogP contribution < -0.4 is 10.6 Å². The van der Waals surface area contributed by atoms with Crippen molar-refractivity contribution in [2.24, 2.45) is 0 Å². The van der Waals surface area contributed by atoms with Gasteiger partial charge in [0, 0.05) is 6.54 Å². The maximum absolute atomic E-state index is 11.8. The lowest BCUT2D eigenvalue weighted by molar-refractivity contribution is 0.0945. The number of rotatable bonds is 6. The van der Waals surface area contributed by atoms with Crippen molar-refractivity contribution in [2.75, 3.05) is 11.9 Å². The molecule has 7 heteroatoms. The monoisotopic (exact) mass is 260 g/mol. The van der Waals surface area contributed by atoms with Gasteiger partial charge in [-0.2, -0.15) is 5.10 Å². The molecular formula is C12H16N6O. The Balaban J connectivity index is 1.88. The Hall–Kier alpha value is -2.44. The minimum atomic E-state index is -0.238. The molecule has 0 saturated heterocycles. The van der Waals surface area contributed by atoms with Gasteiger partial charge in [0.15, 0.2) is 0 Å². The molecule has 0 aromatic carbocycles. The predicted molar refractivity (Wildman–Crippen MR) is 70.6 cm³/mol. The summed E-state index contributed by atoms with van der Waals surface area (Å²) in [6.07, 6.45) is 4.09. The van der Waals surface area contributed by atoms with Gasteiger partial charge in [-0.25, -0.2) is 9.97 Å².